The molecule has 0 spiro atoms. The average molecular weight is 939 g/mol. The predicted octanol–water partition coefficient (Wildman–Crippen LogP) is 14.0. The van der Waals surface area contributed by atoms with Gasteiger partial charge in [0.25, 0.3) is 0 Å². The van der Waals surface area contributed by atoms with Gasteiger partial charge in [-0.05, 0) is 38.5 Å². The minimum atomic E-state index is -1.55. The van der Waals surface area contributed by atoms with Gasteiger partial charge in [-0.3, -0.25) is 4.79 Å². The maximum atomic E-state index is 13.0. The number of hydrogen-bond donors (Lipinski definition) is 6. The van der Waals surface area contributed by atoms with Gasteiger partial charge in [-0.1, -0.05) is 257 Å². The molecule has 66 heavy (non-hydrogen) atoms. The molecule has 0 aliphatic carbocycles. The first-order chi connectivity index (χ1) is 32.3. The van der Waals surface area contributed by atoms with E-state index < -0.39 is 49.5 Å². The number of aliphatic hydroxyl groups is 5. The number of carbonyl (C=O) groups excluding carboxylic acids is 1. The van der Waals surface area contributed by atoms with E-state index in [1.165, 1.54) is 212 Å². The lowest BCUT2D eigenvalue weighted by Crippen LogP contribution is -2.60. The number of unbranched alkanes of at least 4 members (excludes halogenated alkanes) is 38. The third kappa shape index (κ3) is 36.9. The lowest BCUT2D eigenvalue weighted by molar-refractivity contribution is -0.302. The molecule has 1 fully saturated rings. The Bertz CT molecular complexity index is 1040. The number of ether oxygens (including phenoxy) is 2. The Kier molecular flexibility index (Phi) is 45.4. The highest BCUT2D eigenvalue weighted by Crippen LogP contribution is 2.23. The third-order valence-electron chi connectivity index (χ3n) is 14.1. The normalized spacial score (nSPS) is 19.8. The smallest absolute Gasteiger partial charge is 0.220 e. The summed E-state index contributed by atoms with van der Waals surface area (Å²) in [5.41, 5.74) is 0. The molecule has 9 heteroatoms. The SMILES string of the molecule is CCCCCCCCC/C=C\CCCCCCCC(=O)NC(COC1OC(CO)C(O)C(O)C1O)C(O)CCCCCCCCCCCCCCCCCCCCCCCCCCCCC. The Balaban J connectivity index is 2.17. The van der Waals surface area contributed by atoms with Gasteiger partial charge in [-0.15, -0.1) is 0 Å². The molecule has 0 bridgehead atoms. The first-order valence-corrected chi connectivity index (χ1v) is 28.9. The largest absolute Gasteiger partial charge is 0.394 e. The van der Waals surface area contributed by atoms with Crippen molar-refractivity contribution in [2.45, 2.75) is 333 Å². The zero-order valence-corrected chi connectivity index (χ0v) is 43.5. The van der Waals surface area contributed by atoms with E-state index in [1.807, 2.05) is 0 Å². The van der Waals surface area contributed by atoms with Crippen molar-refractivity contribution >= 4 is 5.91 Å². The van der Waals surface area contributed by atoms with Crippen LogP contribution in [0.25, 0.3) is 0 Å². The standard InChI is InChI=1S/C57H111NO8/c1-3-5-7-9-11-13-15-17-19-21-22-23-24-25-26-27-28-29-30-31-32-34-36-38-40-42-44-46-51(60)50(49-65-57-56(64)55(63)54(62)52(48-59)66-57)58-53(61)47-45-43-41-39-37-35-33-20-18-16-14-12-10-8-6-4-2/h20,33,50-52,54-57,59-60,62-64H,3-19,21-32,34-49H2,1-2H3,(H,58,61)/b33-20-. The van der Waals surface area contributed by atoms with E-state index in [4.69, 9.17) is 9.47 Å². The van der Waals surface area contributed by atoms with Crippen LogP contribution < -0.4 is 5.32 Å². The van der Waals surface area contributed by atoms with Crippen LogP contribution in [0.1, 0.15) is 290 Å². The average Bonchev–Trinajstić information content (AvgIpc) is 3.32. The molecular weight excluding hydrogens is 827 g/mol. The number of hydrogen-bond acceptors (Lipinski definition) is 8. The number of rotatable bonds is 50. The van der Waals surface area contributed by atoms with E-state index in [-0.39, 0.29) is 12.5 Å². The summed E-state index contributed by atoms with van der Waals surface area (Å²) in [6.07, 6.45) is 51.0. The summed E-state index contributed by atoms with van der Waals surface area (Å²) in [5, 5.41) is 54.6. The fourth-order valence-electron chi connectivity index (χ4n) is 9.51. The highest BCUT2D eigenvalue weighted by molar-refractivity contribution is 5.76. The molecule has 9 nitrogen and oxygen atoms in total. The summed E-state index contributed by atoms with van der Waals surface area (Å²) in [5.74, 6) is -0.148. The Morgan fingerprint density at radius 2 is 0.848 bits per heavy atom. The first kappa shape index (κ1) is 62.9. The van der Waals surface area contributed by atoms with Crippen LogP contribution in [0.3, 0.4) is 0 Å². The van der Waals surface area contributed by atoms with Crippen molar-refractivity contribution in [2.24, 2.45) is 0 Å². The lowest BCUT2D eigenvalue weighted by atomic mass is 9.99. The summed E-state index contributed by atoms with van der Waals surface area (Å²) < 4.78 is 11.3. The van der Waals surface area contributed by atoms with Crippen molar-refractivity contribution in [2.75, 3.05) is 13.2 Å². The van der Waals surface area contributed by atoms with Gasteiger partial charge in [-0.25, -0.2) is 0 Å². The lowest BCUT2D eigenvalue weighted by Gasteiger charge is -2.40. The van der Waals surface area contributed by atoms with E-state index in [0.717, 1.165) is 51.4 Å². The van der Waals surface area contributed by atoms with Gasteiger partial charge >= 0.3 is 0 Å². The van der Waals surface area contributed by atoms with Crippen LogP contribution in [0.5, 0.6) is 0 Å². The van der Waals surface area contributed by atoms with Crippen molar-refractivity contribution < 1.29 is 39.8 Å². The van der Waals surface area contributed by atoms with E-state index in [1.54, 1.807) is 0 Å². The van der Waals surface area contributed by atoms with Gasteiger partial charge in [-0.2, -0.15) is 0 Å². The minimum absolute atomic E-state index is 0.137. The topological polar surface area (TPSA) is 149 Å². The Morgan fingerprint density at radius 3 is 1.23 bits per heavy atom. The van der Waals surface area contributed by atoms with Crippen LogP contribution in [0.2, 0.25) is 0 Å². The first-order valence-electron chi connectivity index (χ1n) is 28.9. The molecule has 0 aromatic heterocycles. The zero-order valence-electron chi connectivity index (χ0n) is 43.5. The summed E-state index contributed by atoms with van der Waals surface area (Å²) in [7, 11) is 0. The van der Waals surface area contributed by atoms with Gasteiger partial charge in [0.05, 0.1) is 25.4 Å². The third-order valence-corrected chi connectivity index (χ3v) is 14.1. The summed E-state index contributed by atoms with van der Waals surface area (Å²) in [6.45, 7) is 3.86. The van der Waals surface area contributed by atoms with Crippen molar-refractivity contribution in [3.63, 3.8) is 0 Å². The second kappa shape index (κ2) is 47.6. The van der Waals surface area contributed by atoms with E-state index in [9.17, 15) is 30.3 Å². The molecule has 0 saturated carbocycles. The fraction of sp³-hybridized carbons (Fsp3) is 0.947. The second-order valence-electron chi connectivity index (χ2n) is 20.4. The van der Waals surface area contributed by atoms with Crippen molar-refractivity contribution in [3.05, 3.63) is 12.2 Å². The molecule has 1 aliphatic rings. The van der Waals surface area contributed by atoms with E-state index in [0.29, 0.717) is 12.8 Å². The summed E-state index contributed by atoms with van der Waals surface area (Å²) >= 11 is 0. The highest BCUT2D eigenvalue weighted by Gasteiger charge is 2.44. The molecule has 392 valence electrons. The predicted molar refractivity (Wildman–Crippen MR) is 277 cm³/mol. The molecule has 1 rings (SSSR count). The van der Waals surface area contributed by atoms with Crippen LogP contribution in [0.15, 0.2) is 12.2 Å². The number of aliphatic hydroxyl groups excluding tert-OH is 5. The second-order valence-corrected chi connectivity index (χ2v) is 20.4. The minimum Gasteiger partial charge on any atom is -0.394 e. The number of carbonyl (C=O) groups is 1. The number of nitrogens with one attached hydrogen (secondary N) is 1. The van der Waals surface area contributed by atoms with Crippen LogP contribution in [-0.4, -0.2) is 87.5 Å². The van der Waals surface area contributed by atoms with Crippen LogP contribution in [-0.2, 0) is 14.3 Å². The summed E-state index contributed by atoms with van der Waals surface area (Å²) in [4.78, 5) is 13.0. The molecule has 1 aliphatic heterocycles. The maximum Gasteiger partial charge on any atom is 0.220 e. The number of amides is 1. The van der Waals surface area contributed by atoms with E-state index >= 15 is 0 Å². The Labute approximate surface area is 407 Å². The summed E-state index contributed by atoms with van der Waals surface area (Å²) in [6, 6.07) is -0.721. The molecule has 0 aromatic carbocycles. The monoisotopic (exact) mass is 938 g/mol. The van der Waals surface area contributed by atoms with E-state index in [2.05, 4.69) is 31.3 Å². The Hall–Kier alpha value is -1.07. The molecule has 0 aromatic rings. The molecule has 1 heterocycles. The van der Waals surface area contributed by atoms with Crippen molar-refractivity contribution in [1.29, 1.82) is 0 Å². The molecule has 7 unspecified atom stereocenters. The van der Waals surface area contributed by atoms with Gasteiger partial charge in [0, 0.05) is 6.42 Å². The van der Waals surface area contributed by atoms with Gasteiger partial charge in [0.2, 0.25) is 5.91 Å². The van der Waals surface area contributed by atoms with Crippen molar-refractivity contribution in [1.82, 2.24) is 5.32 Å². The van der Waals surface area contributed by atoms with Crippen LogP contribution >= 0.6 is 0 Å². The van der Waals surface area contributed by atoms with Gasteiger partial charge in [0.15, 0.2) is 6.29 Å². The van der Waals surface area contributed by atoms with Crippen LogP contribution in [0, 0.1) is 0 Å². The number of allylic oxidation sites excluding steroid dienone is 2. The quantitative estimate of drug-likeness (QED) is 0.0261. The van der Waals surface area contributed by atoms with Crippen LogP contribution in [0.4, 0.5) is 0 Å². The van der Waals surface area contributed by atoms with Gasteiger partial charge < -0.3 is 40.3 Å². The highest BCUT2D eigenvalue weighted by atomic mass is 16.7. The van der Waals surface area contributed by atoms with Gasteiger partial charge in [0.1, 0.15) is 24.4 Å². The molecule has 1 amide bonds. The fourth-order valence-corrected chi connectivity index (χ4v) is 9.51. The zero-order chi connectivity index (χ0) is 48.0. The molecule has 0 radical (unpaired) electrons. The molecule has 6 N–H and O–H groups in total. The molecule has 1 saturated heterocycles. The maximum absolute atomic E-state index is 13.0. The molecule has 7 atom stereocenters. The van der Waals surface area contributed by atoms with Crippen molar-refractivity contribution in [3.8, 4) is 0 Å². The Morgan fingerprint density at radius 1 is 0.500 bits per heavy atom. The molecular formula is C57H111NO8.